The lowest BCUT2D eigenvalue weighted by Gasteiger charge is -2.32. The molecule has 1 fully saturated rings. The van der Waals surface area contributed by atoms with Crippen molar-refractivity contribution in [3.63, 3.8) is 0 Å². The number of hydrogen-bond acceptors (Lipinski definition) is 5. The molecule has 0 bridgehead atoms. The van der Waals surface area contributed by atoms with E-state index in [1.54, 1.807) is 29.4 Å². The van der Waals surface area contributed by atoms with Gasteiger partial charge in [0.2, 0.25) is 11.9 Å². The van der Waals surface area contributed by atoms with Gasteiger partial charge in [0, 0.05) is 25.5 Å². The van der Waals surface area contributed by atoms with Crippen LogP contribution in [0.1, 0.15) is 18.4 Å². The van der Waals surface area contributed by atoms with Crippen LogP contribution in [0.25, 0.3) is 5.65 Å². The molecule has 0 unspecified atom stereocenters. The number of hydrogen-bond donors (Lipinski definition) is 1. The van der Waals surface area contributed by atoms with Crippen molar-refractivity contribution in [2.75, 3.05) is 23.3 Å². The van der Waals surface area contributed by atoms with Crippen molar-refractivity contribution < 1.29 is 18.0 Å². The molecule has 28 heavy (non-hydrogen) atoms. The SMILES string of the molecule is O=C(Nc1cccnc1)[C@@H]1CCCN(c2nnc3ccc(C(F)(F)F)cn23)C1. The fourth-order valence-electron chi connectivity index (χ4n) is 3.32. The fraction of sp³-hybridized carbons (Fsp3) is 0.333. The Labute approximate surface area is 158 Å². The van der Waals surface area contributed by atoms with Crippen LogP contribution >= 0.6 is 0 Å². The highest BCUT2D eigenvalue weighted by atomic mass is 19.4. The Hall–Kier alpha value is -3.17. The summed E-state index contributed by atoms with van der Waals surface area (Å²) in [6.07, 6.45) is 1.12. The smallest absolute Gasteiger partial charge is 0.340 e. The number of pyridine rings is 2. The maximum absolute atomic E-state index is 13.0. The lowest BCUT2D eigenvalue weighted by Crippen LogP contribution is -2.41. The van der Waals surface area contributed by atoms with E-state index < -0.39 is 11.7 Å². The molecule has 1 aliphatic heterocycles. The number of halogens is 3. The molecular formula is C18H17F3N6O. The molecule has 1 amide bonds. The van der Waals surface area contributed by atoms with Crippen LogP contribution in [0.15, 0.2) is 42.9 Å². The molecule has 4 rings (SSSR count). The minimum absolute atomic E-state index is 0.150. The first-order chi connectivity index (χ1) is 13.4. The van der Waals surface area contributed by atoms with Gasteiger partial charge in [0.1, 0.15) is 0 Å². The first-order valence-electron chi connectivity index (χ1n) is 8.79. The first kappa shape index (κ1) is 18.2. The lowest BCUT2D eigenvalue weighted by molar-refractivity contribution is -0.137. The van der Waals surface area contributed by atoms with Gasteiger partial charge in [-0.05, 0) is 37.1 Å². The number of carbonyl (C=O) groups excluding carboxylic acids is 1. The normalized spacial score (nSPS) is 17.7. The second kappa shape index (κ2) is 7.10. The van der Waals surface area contributed by atoms with Crippen molar-refractivity contribution in [1.29, 1.82) is 0 Å². The van der Waals surface area contributed by atoms with Crippen molar-refractivity contribution in [1.82, 2.24) is 19.6 Å². The van der Waals surface area contributed by atoms with Gasteiger partial charge in [-0.15, -0.1) is 10.2 Å². The summed E-state index contributed by atoms with van der Waals surface area (Å²) in [4.78, 5) is 18.3. The minimum Gasteiger partial charge on any atom is -0.340 e. The molecule has 1 atom stereocenters. The summed E-state index contributed by atoms with van der Waals surface area (Å²) < 4.78 is 40.5. The van der Waals surface area contributed by atoms with Crippen molar-refractivity contribution in [3.05, 3.63) is 48.4 Å². The van der Waals surface area contributed by atoms with E-state index in [0.29, 0.717) is 36.8 Å². The highest BCUT2D eigenvalue weighted by molar-refractivity contribution is 5.92. The van der Waals surface area contributed by atoms with Crippen LogP contribution in [0.4, 0.5) is 24.8 Å². The number of rotatable bonds is 3. The van der Waals surface area contributed by atoms with Crippen LogP contribution in [0, 0.1) is 5.92 Å². The summed E-state index contributed by atoms with van der Waals surface area (Å²) in [6, 6.07) is 5.74. The number of nitrogens with zero attached hydrogens (tertiary/aromatic N) is 5. The van der Waals surface area contributed by atoms with Gasteiger partial charge in [0.25, 0.3) is 0 Å². The fourth-order valence-corrected chi connectivity index (χ4v) is 3.32. The van der Waals surface area contributed by atoms with Crippen LogP contribution in [0.5, 0.6) is 0 Å². The number of aromatic nitrogens is 4. The molecule has 4 heterocycles. The third-order valence-corrected chi connectivity index (χ3v) is 4.72. The number of fused-ring (bicyclic) bond motifs is 1. The number of amides is 1. The molecule has 146 valence electrons. The molecule has 0 aliphatic carbocycles. The van der Waals surface area contributed by atoms with E-state index >= 15 is 0 Å². The van der Waals surface area contributed by atoms with Gasteiger partial charge in [-0.3, -0.25) is 14.2 Å². The molecule has 1 N–H and O–H groups in total. The average Bonchev–Trinajstić information content (AvgIpc) is 3.11. The summed E-state index contributed by atoms with van der Waals surface area (Å²) in [6.45, 7) is 0.941. The number of carbonyl (C=O) groups is 1. The van der Waals surface area contributed by atoms with Crippen LogP contribution in [-0.2, 0) is 11.0 Å². The lowest BCUT2D eigenvalue weighted by atomic mass is 9.97. The van der Waals surface area contributed by atoms with E-state index in [9.17, 15) is 18.0 Å². The first-order valence-corrected chi connectivity index (χ1v) is 8.79. The third-order valence-electron chi connectivity index (χ3n) is 4.72. The minimum atomic E-state index is -4.45. The van der Waals surface area contributed by atoms with Gasteiger partial charge < -0.3 is 10.2 Å². The molecule has 0 spiro atoms. The maximum atomic E-state index is 13.0. The van der Waals surface area contributed by atoms with Gasteiger partial charge in [-0.2, -0.15) is 13.2 Å². The zero-order chi connectivity index (χ0) is 19.7. The molecular weight excluding hydrogens is 373 g/mol. The van der Waals surface area contributed by atoms with Gasteiger partial charge >= 0.3 is 6.18 Å². The predicted octanol–water partition coefficient (Wildman–Crippen LogP) is 3.00. The zero-order valence-electron chi connectivity index (χ0n) is 14.7. The van der Waals surface area contributed by atoms with Crippen molar-refractivity contribution >= 4 is 23.2 Å². The monoisotopic (exact) mass is 390 g/mol. The standard InChI is InChI=1S/C18H17F3N6O/c19-18(20,21)13-5-6-15-24-25-17(27(15)11-13)26-8-2-3-12(10-26)16(28)23-14-4-1-7-22-9-14/h1,4-7,9,11-12H,2-3,8,10H2,(H,23,28)/t12-/m1/s1. The quantitative estimate of drug-likeness (QED) is 0.744. The zero-order valence-corrected chi connectivity index (χ0v) is 14.7. The van der Waals surface area contributed by atoms with E-state index in [-0.39, 0.29) is 11.8 Å². The molecule has 1 saturated heterocycles. The van der Waals surface area contributed by atoms with E-state index in [4.69, 9.17) is 0 Å². The van der Waals surface area contributed by atoms with Crippen LogP contribution in [-0.4, -0.2) is 38.6 Å². The van der Waals surface area contributed by atoms with E-state index in [0.717, 1.165) is 18.7 Å². The molecule has 1 aliphatic rings. The van der Waals surface area contributed by atoms with E-state index in [2.05, 4.69) is 20.5 Å². The highest BCUT2D eigenvalue weighted by Crippen LogP contribution is 2.30. The van der Waals surface area contributed by atoms with Crippen LogP contribution in [0.3, 0.4) is 0 Å². The summed E-state index contributed by atoms with van der Waals surface area (Å²) in [5.74, 6) is -0.158. The van der Waals surface area contributed by atoms with Gasteiger partial charge in [0.15, 0.2) is 5.65 Å². The average molecular weight is 390 g/mol. The molecule has 3 aromatic heterocycles. The Morgan fingerprint density at radius 3 is 2.82 bits per heavy atom. The maximum Gasteiger partial charge on any atom is 0.417 e. The second-order valence-corrected chi connectivity index (χ2v) is 6.66. The molecule has 10 heteroatoms. The third kappa shape index (κ3) is 3.62. The largest absolute Gasteiger partial charge is 0.417 e. The predicted molar refractivity (Wildman–Crippen MR) is 95.8 cm³/mol. The highest BCUT2D eigenvalue weighted by Gasteiger charge is 2.32. The topological polar surface area (TPSA) is 75.4 Å². The molecule has 0 aromatic carbocycles. The molecule has 0 saturated carbocycles. The van der Waals surface area contributed by atoms with Crippen molar-refractivity contribution in [2.45, 2.75) is 19.0 Å². The number of piperidine rings is 1. The Morgan fingerprint density at radius 1 is 1.21 bits per heavy atom. The van der Waals surface area contributed by atoms with Gasteiger partial charge in [-0.1, -0.05) is 0 Å². The summed E-state index contributed by atoms with van der Waals surface area (Å²) in [5, 5.41) is 10.8. The summed E-state index contributed by atoms with van der Waals surface area (Å²) in [7, 11) is 0. The Morgan fingerprint density at radius 2 is 2.07 bits per heavy atom. The van der Waals surface area contributed by atoms with Crippen LogP contribution in [0.2, 0.25) is 0 Å². The van der Waals surface area contributed by atoms with Crippen molar-refractivity contribution in [3.8, 4) is 0 Å². The Bertz CT molecular complexity index is 988. The molecule has 7 nitrogen and oxygen atoms in total. The van der Waals surface area contributed by atoms with E-state index in [1.807, 2.05) is 0 Å². The summed E-state index contributed by atoms with van der Waals surface area (Å²) in [5.41, 5.74) is 0.154. The van der Waals surface area contributed by atoms with E-state index in [1.165, 1.54) is 10.5 Å². The Kier molecular flexibility index (Phi) is 4.62. The van der Waals surface area contributed by atoms with Gasteiger partial charge in [0.05, 0.1) is 23.4 Å². The Balaban J connectivity index is 1.55. The van der Waals surface area contributed by atoms with Crippen molar-refractivity contribution in [2.24, 2.45) is 5.92 Å². The second-order valence-electron chi connectivity index (χ2n) is 6.66. The van der Waals surface area contributed by atoms with Crippen LogP contribution < -0.4 is 10.2 Å². The number of alkyl halides is 3. The molecule has 3 aromatic rings. The molecule has 0 radical (unpaired) electrons. The summed E-state index contributed by atoms with van der Waals surface area (Å²) >= 11 is 0. The number of anilines is 2. The number of nitrogens with one attached hydrogen (secondary N) is 1. The van der Waals surface area contributed by atoms with Gasteiger partial charge in [-0.25, -0.2) is 0 Å².